The lowest BCUT2D eigenvalue weighted by Gasteiger charge is -2.09. The lowest BCUT2D eigenvalue weighted by atomic mass is 9.97. The van der Waals surface area contributed by atoms with Crippen LogP contribution in [0.2, 0.25) is 0 Å². The molecule has 0 nitrogen and oxygen atoms in total. The van der Waals surface area contributed by atoms with Crippen LogP contribution < -0.4 is 0 Å². The van der Waals surface area contributed by atoms with E-state index >= 15 is 0 Å². The first-order valence-corrected chi connectivity index (χ1v) is 4.70. The van der Waals surface area contributed by atoms with E-state index in [4.69, 9.17) is 0 Å². The summed E-state index contributed by atoms with van der Waals surface area (Å²) in [6.45, 7) is 8.45. The molecule has 0 aromatic heterocycles. The highest BCUT2D eigenvalue weighted by Crippen LogP contribution is 2.16. The van der Waals surface area contributed by atoms with Gasteiger partial charge in [-0.3, -0.25) is 0 Å². The van der Waals surface area contributed by atoms with E-state index < -0.39 is 0 Å². The first-order valence-electron chi connectivity index (χ1n) is 4.70. The topological polar surface area (TPSA) is 0 Å². The second kappa shape index (κ2) is 6.21. The molecule has 0 heteroatoms. The molecular formula is C11H20. The summed E-state index contributed by atoms with van der Waals surface area (Å²) in [5, 5.41) is 0. The van der Waals surface area contributed by atoms with Crippen LogP contribution in [-0.4, -0.2) is 0 Å². The number of hydrogen-bond acceptors (Lipinski definition) is 0. The minimum atomic E-state index is 0.764. The van der Waals surface area contributed by atoms with Gasteiger partial charge in [-0.05, 0) is 18.8 Å². The van der Waals surface area contributed by atoms with Crippen LogP contribution in [-0.2, 0) is 0 Å². The van der Waals surface area contributed by atoms with Crippen molar-refractivity contribution in [2.45, 2.75) is 40.5 Å². The van der Waals surface area contributed by atoms with E-state index in [-0.39, 0.29) is 0 Å². The summed E-state index contributed by atoms with van der Waals surface area (Å²) in [5.41, 5.74) is 1.49. The normalized spacial score (nSPS) is 21.8. The molecule has 0 saturated carbocycles. The van der Waals surface area contributed by atoms with Crippen molar-refractivity contribution in [1.29, 1.82) is 0 Å². The van der Waals surface area contributed by atoms with Crippen LogP contribution in [0, 0.1) is 5.92 Å². The van der Waals surface area contributed by atoms with Gasteiger partial charge in [-0.1, -0.05) is 51.5 Å². The molecule has 0 spiro atoms. The molecule has 1 atom stereocenters. The van der Waals surface area contributed by atoms with Gasteiger partial charge in [0, 0.05) is 0 Å². The highest BCUT2D eigenvalue weighted by molar-refractivity contribution is 5.22. The van der Waals surface area contributed by atoms with Gasteiger partial charge in [0.2, 0.25) is 0 Å². The Morgan fingerprint density at radius 3 is 2.45 bits per heavy atom. The molecule has 1 aliphatic carbocycles. The average Bonchev–Trinajstić information content (AvgIpc) is 2.10. The third kappa shape index (κ3) is 4.02. The van der Waals surface area contributed by atoms with Crippen molar-refractivity contribution in [3.63, 3.8) is 0 Å². The van der Waals surface area contributed by atoms with Gasteiger partial charge in [-0.2, -0.15) is 0 Å². The molecule has 11 heavy (non-hydrogen) atoms. The van der Waals surface area contributed by atoms with Crippen molar-refractivity contribution in [2.24, 2.45) is 5.92 Å². The molecule has 0 saturated heterocycles. The maximum Gasteiger partial charge on any atom is -0.0224 e. The van der Waals surface area contributed by atoms with Crippen molar-refractivity contribution in [3.8, 4) is 0 Å². The Hall–Kier alpha value is -0.520. The maximum absolute atomic E-state index is 2.34. The monoisotopic (exact) mass is 152 g/mol. The van der Waals surface area contributed by atoms with Crippen molar-refractivity contribution >= 4 is 0 Å². The van der Waals surface area contributed by atoms with Crippen molar-refractivity contribution < 1.29 is 0 Å². The highest BCUT2D eigenvalue weighted by atomic mass is 14.1. The van der Waals surface area contributed by atoms with Gasteiger partial charge in [0.05, 0.1) is 0 Å². The zero-order chi connectivity index (χ0) is 8.69. The molecule has 0 aliphatic heterocycles. The van der Waals surface area contributed by atoms with E-state index in [0.29, 0.717) is 0 Å². The van der Waals surface area contributed by atoms with Crippen molar-refractivity contribution in [1.82, 2.24) is 0 Å². The van der Waals surface area contributed by atoms with Gasteiger partial charge >= 0.3 is 0 Å². The third-order valence-corrected chi connectivity index (χ3v) is 1.80. The van der Waals surface area contributed by atoms with Gasteiger partial charge in [-0.25, -0.2) is 0 Å². The molecule has 1 aliphatic rings. The van der Waals surface area contributed by atoms with Crippen LogP contribution in [0.3, 0.4) is 0 Å². The summed E-state index contributed by atoms with van der Waals surface area (Å²) in [5.74, 6) is 0.764. The molecule has 0 bridgehead atoms. The zero-order valence-corrected chi connectivity index (χ0v) is 8.22. The smallest absolute Gasteiger partial charge is 0.0224 e. The molecular weight excluding hydrogens is 132 g/mol. The van der Waals surface area contributed by atoms with Crippen molar-refractivity contribution in [2.75, 3.05) is 0 Å². The minimum Gasteiger partial charge on any atom is -0.0811 e. The Bertz CT molecular complexity index is 140. The summed E-state index contributed by atoms with van der Waals surface area (Å²) >= 11 is 0. The predicted octanol–water partition coefficient (Wildman–Crippen LogP) is 3.95. The van der Waals surface area contributed by atoms with Crippen LogP contribution >= 0.6 is 0 Å². The van der Waals surface area contributed by atoms with Gasteiger partial charge in [-0.15, -0.1) is 0 Å². The summed E-state index contributed by atoms with van der Waals surface area (Å²) in [7, 11) is 0. The van der Waals surface area contributed by atoms with Gasteiger partial charge < -0.3 is 0 Å². The molecule has 0 fully saturated rings. The second-order valence-electron chi connectivity index (χ2n) is 2.70. The predicted molar refractivity (Wildman–Crippen MR) is 52.6 cm³/mol. The maximum atomic E-state index is 2.34. The quantitative estimate of drug-likeness (QED) is 0.534. The van der Waals surface area contributed by atoms with Crippen LogP contribution in [0.5, 0.6) is 0 Å². The Morgan fingerprint density at radius 2 is 2.09 bits per heavy atom. The van der Waals surface area contributed by atoms with Gasteiger partial charge in [0.1, 0.15) is 0 Å². The molecule has 0 amide bonds. The fourth-order valence-corrected chi connectivity index (χ4v) is 1.03. The van der Waals surface area contributed by atoms with Gasteiger partial charge in [0.25, 0.3) is 0 Å². The van der Waals surface area contributed by atoms with E-state index in [2.05, 4.69) is 32.1 Å². The molecule has 64 valence electrons. The average molecular weight is 152 g/mol. The lowest BCUT2D eigenvalue weighted by molar-refractivity contribution is 0.727. The molecule has 1 rings (SSSR count). The number of allylic oxidation sites excluding steroid dienone is 4. The molecule has 0 aromatic carbocycles. The van der Waals surface area contributed by atoms with E-state index in [1.165, 1.54) is 18.4 Å². The van der Waals surface area contributed by atoms with Crippen molar-refractivity contribution in [3.05, 3.63) is 23.8 Å². The molecule has 0 heterocycles. The molecule has 1 unspecified atom stereocenters. The van der Waals surface area contributed by atoms with Crippen LogP contribution in [0.15, 0.2) is 23.8 Å². The first kappa shape index (κ1) is 10.5. The fourth-order valence-electron chi connectivity index (χ4n) is 1.03. The molecule has 0 aromatic rings. The second-order valence-corrected chi connectivity index (χ2v) is 2.70. The Labute approximate surface area is 71.0 Å². The van der Waals surface area contributed by atoms with Gasteiger partial charge in [0.15, 0.2) is 0 Å². The summed E-state index contributed by atoms with van der Waals surface area (Å²) < 4.78 is 0. The van der Waals surface area contributed by atoms with Crippen LogP contribution in [0.4, 0.5) is 0 Å². The highest BCUT2D eigenvalue weighted by Gasteiger charge is 1.99. The molecule has 0 radical (unpaired) electrons. The first-order chi connectivity index (χ1) is 5.33. The largest absolute Gasteiger partial charge is 0.0811 e. The Balaban J connectivity index is 0.000000461. The van der Waals surface area contributed by atoms with E-state index in [1.54, 1.807) is 0 Å². The van der Waals surface area contributed by atoms with E-state index in [0.717, 1.165) is 5.92 Å². The third-order valence-electron chi connectivity index (χ3n) is 1.80. The van der Waals surface area contributed by atoms with Crippen LogP contribution in [0.1, 0.15) is 40.5 Å². The fraction of sp³-hybridized carbons (Fsp3) is 0.636. The summed E-state index contributed by atoms with van der Waals surface area (Å²) in [6.07, 6.45) is 9.29. The standard InChI is InChI=1S/C9H14.C2H6/c1-3-9-6-4-8(2)5-7-9;1-2/h4,6-8H,3,5H2,1-2H3;1-2H3. The number of rotatable bonds is 1. The summed E-state index contributed by atoms with van der Waals surface area (Å²) in [6, 6.07) is 0. The Morgan fingerprint density at radius 1 is 1.45 bits per heavy atom. The SMILES string of the molecule is CC.CCC1=CCC(C)C=C1. The molecule has 0 N–H and O–H groups in total. The lowest BCUT2D eigenvalue weighted by Crippen LogP contribution is -1.92. The van der Waals surface area contributed by atoms with Crippen LogP contribution in [0.25, 0.3) is 0 Å². The summed E-state index contributed by atoms with van der Waals surface area (Å²) in [4.78, 5) is 0. The zero-order valence-electron chi connectivity index (χ0n) is 8.22. The van der Waals surface area contributed by atoms with E-state index in [9.17, 15) is 0 Å². The Kier molecular flexibility index (Phi) is 5.91. The minimum absolute atomic E-state index is 0.764. The van der Waals surface area contributed by atoms with E-state index in [1.807, 2.05) is 13.8 Å². The number of hydrogen-bond donors (Lipinski definition) is 0.